The molecule has 2 N–H and O–H groups in total. The van der Waals surface area contributed by atoms with Gasteiger partial charge in [-0.15, -0.1) is 0 Å². The summed E-state index contributed by atoms with van der Waals surface area (Å²) >= 11 is 6.33. The number of nitrogens with one attached hydrogen (secondary N) is 1. The van der Waals surface area contributed by atoms with Gasteiger partial charge < -0.3 is 10.4 Å². The van der Waals surface area contributed by atoms with Crippen molar-refractivity contribution in [3.05, 3.63) is 27.8 Å². The lowest BCUT2D eigenvalue weighted by Crippen LogP contribution is -2.24. The minimum atomic E-state index is 0.325. The van der Waals surface area contributed by atoms with E-state index in [1.165, 1.54) is 36.8 Å². The van der Waals surface area contributed by atoms with Crippen LogP contribution in [0.3, 0.4) is 0 Å². The number of rotatable bonds is 2. The van der Waals surface area contributed by atoms with E-state index in [-0.39, 0.29) is 0 Å². The fourth-order valence-corrected chi connectivity index (χ4v) is 3.59. The van der Waals surface area contributed by atoms with Crippen LogP contribution in [-0.2, 0) is 19.3 Å². The molecule has 1 fully saturated rings. The van der Waals surface area contributed by atoms with Crippen LogP contribution in [0.15, 0.2) is 6.07 Å². The summed E-state index contributed by atoms with van der Waals surface area (Å²) in [7, 11) is 0. The number of hydrogen-bond acceptors (Lipinski definition) is 2. The Labute approximate surface area is 113 Å². The summed E-state index contributed by atoms with van der Waals surface area (Å²) in [5, 5.41) is 14.3. The summed E-state index contributed by atoms with van der Waals surface area (Å²) in [6.07, 6.45) is 7.91. The van der Waals surface area contributed by atoms with Gasteiger partial charge in [0.05, 0.1) is 5.02 Å². The van der Waals surface area contributed by atoms with Gasteiger partial charge in [0.1, 0.15) is 5.75 Å². The first kappa shape index (κ1) is 12.3. The van der Waals surface area contributed by atoms with Gasteiger partial charge in [0.25, 0.3) is 0 Å². The van der Waals surface area contributed by atoms with Crippen LogP contribution in [0.1, 0.15) is 42.4 Å². The van der Waals surface area contributed by atoms with Gasteiger partial charge in [-0.25, -0.2) is 0 Å². The summed E-state index contributed by atoms with van der Waals surface area (Å²) in [4.78, 5) is 0. The first-order valence-electron chi connectivity index (χ1n) is 7.01. The molecule has 0 amide bonds. The summed E-state index contributed by atoms with van der Waals surface area (Å²) in [5.41, 5.74) is 3.57. The number of benzene rings is 1. The van der Waals surface area contributed by atoms with Crippen molar-refractivity contribution >= 4 is 11.6 Å². The molecule has 1 saturated heterocycles. The van der Waals surface area contributed by atoms with Gasteiger partial charge in [0.2, 0.25) is 0 Å². The summed E-state index contributed by atoms with van der Waals surface area (Å²) < 4.78 is 0. The van der Waals surface area contributed by atoms with Gasteiger partial charge in [-0.2, -0.15) is 0 Å². The van der Waals surface area contributed by atoms with Crippen molar-refractivity contribution in [2.24, 2.45) is 0 Å². The lowest BCUT2D eigenvalue weighted by atomic mass is 9.88. The van der Waals surface area contributed by atoms with E-state index in [1.807, 2.05) is 0 Å². The number of phenolic OH excluding ortho intramolecular Hbond substituents is 1. The van der Waals surface area contributed by atoms with Crippen molar-refractivity contribution in [1.82, 2.24) is 5.32 Å². The van der Waals surface area contributed by atoms with E-state index < -0.39 is 0 Å². The second-order valence-corrected chi connectivity index (χ2v) is 5.92. The van der Waals surface area contributed by atoms with Crippen molar-refractivity contribution in [2.75, 3.05) is 6.54 Å². The van der Waals surface area contributed by atoms with Crippen LogP contribution < -0.4 is 5.32 Å². The van der Waals surface area contributed by atoms with Crippen LogP contribution in [0, 0.1) is 0 Å². The molecule has 1 atom stereocenters. The third-order valence-electron chi connectivity index (χ3n) is 4.26. The Kier molecular flexibility index (Phi) is 3.49. The highest BCUT2D eigenvalue weighted by molar-refractivity contribution is 6.33. The molecule has 1 heterocycles. The fraction of sp³-hybridized carbons (Fsp3) is 0.600. The van der Waals surface area contributed by atoms with Gasteiger partial charge in [0.15, 0.2) is 0 Å². The zero-order chi connectivity index (χ0) is 12.5. The smallest absolute Gasteiger partial charge is 0.137 e. The standard InChI is InChI=1S/C15H20ClNO/c16-14-13-6-2-1-4-10(13)8-11(15(14)18)9-12-5-3-7-17-12/h8,12,17-18H,1-7,9H2. The number of aryl methyl sites for hydroxylation is 1. The molecule has 0 spiro atoms. The maximum Gasteiger partial charge on any atom is 0.137 e. The van der Waals surface area contributed by atoms with Crippen molar-refractivity contribution in [3.63, 3.8) is 0 Å². The second-order valence-electron chi connectivity index (χ2n) is 5.54. The highest BCUT2D eigenvalue weighted by atomic mass is 35.5. The number of hydrogen-bond donors (Lipinski definition) is 2. The minimum Gasteiger partial charge on any atom is -0.506 e. The quantitative estimate of drug-likeness (QED) is 0.861. The monoisotopic (exact) mass is 265 g/mol. The Morgan fingerprint density at radius 1 is 1.28 bits per heavy atom. The van der Waals surface area contributed by atoms with E-state index in [4.69, 9.17) is 11.6 Å². The van der Waals surface area contributed by atoms with Gasteiger partial charge in [-0.3, -0.25) is 0 Å². The highest BCUT2D eigenvalue weighted by Gasteiger charge is 2.21. The molecule has 0 aromatic heterocycles. The predicted molar refractivity (Wildman–Crippen MR) is 74.5 cm³/mol. The molecule has 1 aromatic carbocycles. The Bertz CT molecular complexity index is 452. The molecule has 0 saturated carbocycles. The Morgan fingerprint density at radius 3 is 2.89 bits per heavy atom. The molecule has 0 bridgehead atoms. The van der Waals surface area contributed by atoms with Crippen molar-refractivity contribution in [3.8, 4) is 5.75 Å². The maximum atomic E-state index is 10.3. The van der Waals surface area contributed by atoms with Crippen LogP contribution in [0.2, 0.25) is 5.02 Å². The van der Waals surface area contributed by atoms with Crippen molar-refractivity contribution < 1.29 is 5.11 Å². The topological polar surface area (TPSA) is 32.3 Å². The molecule has 1 unspecified atom stereocenters. The molecule has 3 heteroatoms. The van der Waals surface area contributed by atoms with E-state index in [0.29, 0.717) is 16.8 Å². The average Bonchev–Trinajstić information content (AvgIpc) is 2.89. The van der Waals surface area contributed by atoms with Crippen LogP contribution in [0.5, 0.6) is 5.75 Å². The van der Waals surface area contributed by atoms with Gasteiger partial charge in [0, 0.05) is 6.04 Å². The minimum absolute atomic E-state index is 0.325. The third-order valence-corrected chi connectivity index (χ3v) is 4.67. The molecule has 1 aliphatic heterocycles. The van der Waals surface area contributed by atoms with Crippen molar-refractivity contribution in [1.29, 1.82) is 0 Å². The lowest BCUT2D eigenvalue weighted by molar-refractivity contribution is 0.460. The lowest BCUT2D eigenvalue weighted by Gasteiger charge is -2.21. The van der Waals surface area contributed by atoms with Gasteiger partial charge in [-0.05, 0) is 68.2 Å². The first-order chi connectivity index (χ1) is 8.75. The Morgan fingerprint density at radius 2 is 2.11 bits per heavy atom. The van der Waals surface area contributed by atoms with E-state index in [9.17, 15) is 5.11 Å². The Hall–Kier alpha value is -0.730. The number of halogens is 1. The Balaban J connectivity index is 1.91. The van der Waals surface area contributed by atoms with Gasteiger partial charge in [-0.1, -0.05) is 17.7 Å². The number of fused-ring (bicyclic) bond motifs is 1. The van der Waals surface area contributed by atoms with Crippen LogP contribution in [-0.4, -0.2) is 17.7 Å². The zero-order valence-electron chi connectivity index (χ0n) is 10.6. The summed E-state index contributed by atoms with van der Waals surface area (Å²) in [5.74, 6) is 0.325. The zero-order valence-corrected chi connectivity index (χ0v) is 11.4. The predicted octanol–water partition coefficient (Wildman–Crippen LogP) is 3.22. The normalized spacial score (nSPS) is 23.1. The second kappa shape index (κ2) is 5.10. The van der Waals surface area contributed by atoms with E-state index in [1.54, 1.807) is 0 Å². The molecule has 3 rings (SSSR count). The molecule has 18 heavy (non-hydrogen) atoms. The SMILES string of the molecule is Oc1c(CC2CCCN2)cc2c(c1Cl)CCCC2. The van der Waals surface area contributed by atoms with Crippen LogP contribution >= 0.6 is 11.6 Å². The molecule has 2 nitrogen and oxygen atoms in total. The molecule has 1 aliphatic carbocycles. The van der Waals surface area contributed by atoms with Crippen molar-refractivity contribution in [2.45, 2.75) is 51.0 Å². The third kappa shape index (κ3) is 2.24. The van der Waals surface area contributed by atoms with E-state index in [2.05, 4.69) is 11.4 Å². The van der Waals surface area contributed by atoms with Crippen LogP contribution in [0.25, 0.3) is 0 Å². The highest BCUT2D eigenvalue weighted by Crippen LogP contribution is 2.38. The van der Waals surface area contributed by atoms with Gasteiger partial charge >= 0.3 is 0 Å². The molecular formula is C15H20ClNO. The maximum absolute atomic E-state index is 10.3. The molecule has 0 radical (unpaired) electrons. The summed E-state index contributed by atoms with van der Waals surface area (Å²) in [6, 6.07) is 2.70. The molecule has 98 valence electrons. The first-order valence-corrected chi connectivity index (χ1v) is 7.39. The molecule has 1 aromatic rings. The van der Waals surface area contributed by atoms with E-state index >= 15 is 0 Å². The number of phenols is 1. The average molecular weight is 266 g/mol. The fourth-order valence-electron chi connectivity index (χ4n) is 3.25. The van der Waals surface area contributed by atoms with E-state index in [0.717, 1.165) is 31.4 Å². The largest absolute Gasteiger partial charge is 0.506 e. The number of aromatic hydroxyl groups is 1. The van der Waals surface area contributed by atoms with Crippen LogP contribution in [0.4, 0.5) is 0 Å². The molecular weight excluding hydrogens is 246 g/mol. The summed E-state index contributed by atoms with van der Waals surface area (Å²) in [6.45, 7) is 1.10. The molecule has 2 aliphatic rings.